The molecule has 0 atom stereocenters. The van der Waals surface area contributed by atoms with Crippen LogP contribution in [0.25, 0.3) is 0 Å². The third-order valence-electron chi connectivity index (χ3n) is 2.59. The van der Waals surface area contributed by atoms with Crippen LogP contribution in [-0.2, 0) is 0 Å². The molecule has 0 unspecified atom stereocenters. The van der Waals surface area contributed by atoms with E-state index in [4.69, 9.17) is 4.74 Å². The lowest BCUT2D eigenvalue weighted by atomic mass is 10.2. The SMILES string of the molecule is CCCCCCNc1ccc(OC(C)C)cc1. The second-order valence-electron chi connectivity index (χ2n) is 4.68. The molecule has 1 rings (SSSR count). The van der Waals surface area contributed by atoms with Gasteiger partial charge < -0.3 is 10.1 Å². The van der Waals surface area contributed by atoms with Crippen molar-refractivity contribution < 1.29 is 4.74 Å². The first-order valence-corrected chi connectivity index (χ1v) is 6.73. The summed E-state index contributed by atoms with van der Waals surface area (Å²) in [5, 5.41) is 3.43. The zero-order valence-electron chi connectivity index (χ0n) is 11.3. The molecule has 2 nitrogen and oxygen atoms in total. The third-order valence-corrected chi connectivity index (χ3v) is 2.59. The fourth-order valence-corrected chi connectivity index (χ4v) is 1.71. The van der Waals surface area contributed by atoms with Gasteiger partial charge in [-0.25, -0.2) is 0 Å². The molecule has 96 valence electrons. The Bertz CT molecular complexity index is 292. The first-order chi connectivity index (χ1) is 8.22. The predicted molar refractivity (Wildman–Crippen MR) is 74.8 cm³/mol. The second kappa shape index (κ2) is 7.99. The van der Waals surface area contributed by atoms with Crippen LogP contribution in [0, 0.1) is 0 Å². The summed E-state index contributed by atoms with van der Waals surface area (Å²) < 4.78 is 5.60. The summed E-state index contributed by atoms with van der Waals surface area (Å²) in [4.78, 5) is 0. The van der Waals surface area contributed by atoms with Crippen LogP contribution in [0.1, 0.15) is 46.5 Å². The number of ether oxygens (including phenoxy) is 1. The number of hydrogen-bond acceptors (Lipinski definition) is 2. The molecule has 0 bridgehead atoms. The maximum absolute atomic E-state index is 5.60. The topological polar surface area (TPSA) is 21.3 Å². The maximum atomic E-state index is 5.60. The van der Waals surface area contributed by atoms with Crippen LogP contribution in [-0.4, -0.2) is 12.6 Å². The van der Waals surface area contributed by atoms with E-state index < -0.39 is 0 Å². The first kappa shape index (κ1) is 13.9. The summed E-state index contributed by atoms with van der Waals surface area (Å²) in [6.07, 6.45) is 5.43. The van der Waals surface area contributed by atoms with Crippen molar-refractivity contribution in [3.05, 3.63) is 24.3 Å². The van der Waals surface area contributed by atoms with E-state index in [1.54, 1.807) is 0 Å². The molecule has 0 amide bonds. The van der Waals surface area contributed by atoms with Crippen molar-refractivity contribution >= 4 is 5.69 Å². The highest BCUT2D eigenvalue weighted by atomic mass is 16.5. The van der Waals surface area contributed by atoms with Crippen LogP contribution in [0.5, 0.6) is 5.75 Å². The molecule has 0 aliphatic heterocycles. The lowest BCUT2D eigenvalue weighted by Crippen LogP contribution is -2.05. The molecule has 1 aromatic rings. The highest BCUT2D eigenvalue weighted by Crippen LogP contribution is 2.16. The van der Waals surface area contributed by atoms with Crippen LogP contribution in [0.15, 0.2) is 24.3 Å². The Hall–Kier alpha value is -1.18. The van der Waals surface area contributed by atoms with Gasteiger partial charge in [0.05, 0.1) is 6.10 Å². The summed E-state index contributed by atoms with van der Waals surface area (Å²) in [6.45, 7) is 7.38. The van der Waals surface area contributed by atoms with Gasteiger partial charge in [0.25, 0.3) is 0 Å². The first-order valence-electron chi connectivity index (χ1n) is 6.73. The lowest BCUT2D eigenvalue weighted by molar-refractivity contribution is 0.242. The minimum atomic E-state index is 0.239. The molecule has 0 aromatic heterocycles. The van der Waals surface area contributed by atoms with Crippen molar-refractivity contribution in [2.45, 2.75) is 52.6 Å². The zero-order valence-corrected chi connectivity index (χ0v) is 11.3. The summed E-state index contributed by atoms with van der Waals surface area (Å²) in [5.74, 6) is 0.941. The monoisotopic (exact) mass is 235 g/mol. The summed E-state index contributed by atoms with van der Waals surface area (Å²) >= 11 is 0. The molecule has 0 aliphatic carbocycles. The number of anilines is 1. The fraction of sp³-hybridized carbons (Fsp3) is 0.600. The largest absolute Gasteiger partial charge is 0.491 e. The summed E-state index contributed by atoms with van der Waals surface area (Å²) in [5.41, 5.74) is 1.18. The number of benzene rings is 1. The molecule has 1 N–H and O–H groups in total. The Kier molecular flexibility index (Phi) is 6.53. The van der Waals surface area contributed by atoms with Crippen molar-refractivity contribution in [2.24, 2.45) is 0 Å². The van der Waals surface area contributed by atoms with Gasteiger partial charge in [-0.15, -0.1) is 0 Å². The van der Waals surface area contributed by atoms with Crippen LogP contribution >= 0.6 is 0 Å². The third kappa shape index (κ3) is 6.20. The molecular weight excluding hydrogens is 210 g/mol. The molecule has 0 fully saturated rings. The van der Waals surface area contributed by atoms with Crippen molar-refractivity contribution in [3.8, 4) is 5.75 Å². The number of rotatable bonds is 8. The second-order valence-corrected chi connectivity index (χ2v) is 4.68. The molecule has 0 aliphatic rings. The highest BCUT2D eigenvalue weighted by molar-refractivity contribution is 5.46. The van der Waals surface area contributed by atoms with Crippen LogP contribution in [0.3, 0.4) is 0 Å². The van der Waals surface area contributed by atoms with E-state index in [1.165, 1.54) is 31.4 Å². The van der Waals surface area contributed by atoms with Gasteiger partial charge in [0.2, 0.25) is 0 Å². The van der Waals surface area contributed by atoms with Gasteiger partial charge in [0, 0.05) is 12.2 Å². The molecule has 17 heavy (non-hydrogen) atoms. The van der Waals surface area contributed by atoms with Gasteiger partial charge >= 0.3 is 0 Å². The van der Waals surface area contributed by atoms with E-state index in [0.717, 1.165) is 12.3 Å². The van der Waals surface area contributed by atoms with E-state index in [0.29, 0.717) is 0 Å². The molecular formula is C15H25NO. The highest BCUT2D eigenvalue weighted by Gasteiger charge is 1.97. The Morgan fingerprint density at radius 2 is 1.76 bits per heavy atom. The Labute approximate surface area is 105 Å². The van der Waals surface area contributed by atoms with Gasteiger partial charge in [0.15, 0.2) is 0 Å². The molecule has 0 heterocycles. The lowest BCUT2D eigenvalue weighted by Gasteiger charge is -2.11. The van der Waals surface area contributed by atoms with Crippen molar-refractivity contribution in [1.82, 2.24) is 0 Å². The Balaban J connectivity index is 2.25. The Morgan fingerprint density at radius 1 is 1.06 bits per heavy atom. The number of nitrogens with one attached hydrogen (secondary N) is 1. The van der Waals surface area contributed by atoms with Gasteiger partial charge in [-0.05, 0) is 44.5 Å². The molecule has 1 aromatic carbocycles. The zero-order chi connectivity index (χ0) is 12.5. The summed E-state index contributed by atoms with van der Waals surface area (Å²) in [7, 11) is 0. The number of hydrogen-bond donors (Lipinski definition) is 1. The molecule has 2 heteroatoms. The minimum Gasteiger partial charge on any atom is -0.491 e. The van der Waals surface area contributed by atoms with E-state index in [2.05, 4.69) is 24.4 Å². The van der Waals surface area contributed by atoms with Crippen LogP contribution in [0.2, 0.25) is 0 Å². The van der Waals surface area contributed by atoms with Gasteiger partial charge in [0.1, 0.15) is 5.75 Å². The van der Waals surface area contributed by atoms with E-state index >= 15 is 0 Å². The van der Waals surface area contributed by atoms with E-state index in [1.807, 2.05) is 26.0 Å². The summed E-state index contributed by atoms with van der Waals surface area (Å²) in [6, 6.07) is 8.21. The normalized spacial score (nSPS) is 10.6. The van der Waals surface area contributed by atoms with Crippen LogP contribution < -0.4 is 10.1 Å². The molecule has 0 saturated carbocycles. The van der Waals surface area contributed by atoms with E-state index in [-0.39, 0.29) is 6.10 Å². The smallest absolute Gasteiger partial charge is 0.119 e. The average Bonchev–Trinajstić information content (AvgIpc) is 2.30. The van der Waals surface area contributed by atoms with Crippen LogP contribution in [0.4, 0.5) is 5.69 Å². The molecule has 0 spiro atoms. The van der Waals surface area contributed by atoms with E-state index in [9.17, 15) is 0 Å². The van der Waals surface area contributed by atoms with Gasteiger partial charge in [-0.3, -0.25) is 0 Å². The quantitative estimate of drug-likeness (QED) is 0.671. The van der Waals surface area contributed by atoms with Crippen molar-refractivity contribution in [3.63, 3.8) is 0 Å². The minimum absolute atomic E-state index is 0.239. The van der Waals surface area contributed by atoms with Crippen molar-refractivity contribution in [1.29, 1.82) is 0 Å². The Morgan fingerprint density at radius 3 is 2.35 bits per heavy atom. The molecule has 0 saturated heterocycles. The average molecular weight is 235 g/mol. The number of unbranched alkanes of at least 4 members (excludes halogenated alkanes) is 3. The standard InChI is InChI=1S/C15H25NO/c1-4-5-6-7-12-16-14-8-10-15(11-9-14)17-13(2)3/h8-11,13,16H,4-7,12H2,1-3H3. The fourth-order valence-electron chi connectivity index (χ4n) is 1.71. The van der Waals surface area contributed by atoms with Crippen molar-refractivity contribution in [2.75, 3.05) is 11.9 Å². The predicted octanol–water partition coefficient (Wildman–Crippen LogP) is 4.47. The molecule has 0 radical (unpaired) electrons. The maximum Gasteiger partial charge on any atom is 0.119 e. The van der Waals surface area contributed by atoms with Gasteiger partial charge in [-0.1, -0.05) is 26.2 Å². The van der Waals surface area contributed by atoms with Gasteiger partial charge in [-0.2, -0.15) is 0 Å².